The molecule has 0 saturated carbocycles. The molecule has 0 heterocycles. The van der Waals surface area contributed by atoms with E-state index in [1.165, 1.54) is 276 Å². The quantitative estimate of drug-likeness (QED) is 0.0445. The standard InChI is InChI=1S/C47H98N/c1-5-6-7-8-9-10-11-12-13-14-15-16-17-18-19-20-21-22-23-24-25-26-27-28-29-30-31-32-33-34-35-36-37-38-39-40-41-42-43-44-45-46-47-48(2,3)4/h5-47H2,1-4H3/q+1. The number of nitrogens with zero attached hydrogens (tertiary/aromatic N) is 1. The van der Waals surface area contributed by atoms with E-state index >= 15 is 0 Å². The van der Waals surface area contributed by atoms with Crippen molar-refractivity contribution in [1.29, 1.82) is 0 Å². The van der Waals surface area contributed by atoms with Crippen molar-refractivity contribution in [2.45, 2.75) is 277 Å². The zero-order valence-electron chi connectivity index (χ0n) is 34.9. The van der Waals surface area contributed by atoms with E-state index in [9.17, 15) is 0 Å². The maximum absolute atomic E-state index is 2.31. The fraction of sp³-hybridized carbons (Fsp3) is 1.00. The van der Waals surface area contributed by atoms with Gasteiger partial charge in [-0.05, 0) is 12.8 Å². The highest BCUT2D eigenvalue weighted by Gasteiger charge is 2.05. The molecule has 0 aromatic carbocycles. The van der Waals surface area contributed by atoms with Crippen molar-refractivity contribution in [1.82, 2.24) is 0 Å². The summed E-state index contributed by atoms with van der Waals surface area (Å²) in [6.45, 7) is 3.64. The van der Waals surface area contributed by atoms with E-state index in [1.807, 2.05) is 0 Å². The zero-order chi connectivity index (χ0) is 34.9. The number of hydrogen-bond donors (Lipinski definition) is 0. The highest BCUT2D eigenvalue weighted by Crippen LogP contribution is 2.18. The fourth-order valence-corrected chi connectivity index (χ4v) is 7.73. The van der Waals surface area contributed by atoms with Crippen LogP contribution in [0.15, 0.2) is 0 Å². The van der Waals surface area contributed by atoms with Gasteiger partial charge in [-0.25, -0.2) is 0 Å². The van der Waals surface area contributed by atoms with Crippen molar-refractivity contribution >= 4 is 0 Å². The molecule has 48 heavy (non-hydrogen) atoms. The third-order valence-corrected chi connectivity index (χ3v) is 11.2. The van der Waals surface area contributed by atoms with E-state index in [4.69, 9.17) is 0 Å². The van der Waals surface area contributed by atoms with Crippen LogP contribution in [-0.2, 0) is 0 Å². The van der Waals surface area contributed by atoms with E-state index in [0.29, 0.717) is 0 Å². The molecule has 0 aliphatic rings. The van der Waals surface area contributed by atoms with Gasteiger partial charge in [0, 0.05) is 0 Å². The summed E-state index contributed by atoms with van der Waals surface area (Å²) in [6, 6.07) is 0. The maximum Gasteiger partial charge on any atom is 0.0780 e. The summed E-state index contributed by atoms with van der Waals surface area (Å²) in [5.74, 6) is 0. The van der Waals surface area contributed by atoms with Crippen molar-refractivity contribution in [3.8, 4) is 0 Å². The molecule has 0 aliphatic carbocycles. The third-order valence-electron chi connectivity index (χ3n) is 11.2. The average molecular weight is 677 g/mol. The molecule has 0 N–H and O–H groups in total. The molecule has 0 bridgehead atoms. The lowest BCUT2D eigenvalue weighted by molar-refractivity contribution is -0.870. The van der Waals surface area contributed by atoms with Gasteiger partial charge >= 0.3 is 0 Å². The molecule has 290 valence electrons. The Kier molecular flexibility index (Phi) is 41.3. The summed E-state index contributed by atoms with van der Waals surface area (Å²) < 4.78 is 1.12. The Morgan fingerprint density at radius 1 is 0.188 bits per heavy atom. The van der Waals surface area contributed by atoms with Crippen LogP contribution >= 0.6 is 0 Å². The van der Waals surface area contributed by atoms with Gasteiger partial charge in [-0.2, -0.15) is 0 Å². The molecule has 1 nitrogen and oxygen atoms in total. The molecule has 0 amide bonds. The first kappa shape index (κ1) is 48.0. The lowest BCUT2D eigenvalue weighted by Crippen LogP contribution is -2.35. The zero-order valence-corrected chi connectivity index (χ0v) is 34.9. The summed E-state index contributed by atoms with van der Waals surface area (Å²) >= 11 is 0. The molecular weight excluding hydrogens is 579 g/mol. The molecule has 1 heteroatoms. The van der Waals surface area contributed by atoms with Gasteiger partial charge in [0.25, 0.3) is 0 Å². The van der Waals surface area contributed by atoms with Crippen LogP contribution < -0.4 is 0 Å². The van der Waals surface area contributed by atoms with E-state index in [2.05, 4.69) is 28.1 Å². The summed E-state index contributed by atoms with van der Waals surface area (Å²) in [5, 5.41) is 0. The van der Waals surface area contributed by atoms with Crippen LogP contribution in [0.2, 0.25) is 0 Å². The Bertz CT molecular complexity index is 548. The lowest BCUT2D eigenvalue weighted by atomic mass is 10.0. The van der Waals surface area contributed by atoms with Crippen LogP contribution in [0.4, 0.5) is 0 Å². The van der Waals surface area contributed by atoms with Gasteiger partial charge in [0.05, 0.1) is 27.7 Å². The largest absolute Gasteiger partial charge is 0.331 e. The number of unbranched alkanes of at least 4 members (excludes halogenated alkanes) is 41. The van der Waals surface area contributed by atoms with Gasteiger partial charge in [-0.1, -0.05) is 264 Å². The number of quaternary nitrogens is 1. The summed E-state index contributed by atoms with van der Waals surface area (Å²) in [4.78, 5) is 0. The minimum Gasteiger partial charge on any atom is -0.331 e. The van der Waals surface area contributed by atoms with Crippen molar-refractivity contribution in [3.63, 3.8) is 0 Å². The van der Waals surface area contributed by atoms with Gasteiger partial charge in [0.1, 0.15) is 0 Å². The van der Waals surface area contributed by atoms with Gasteiger partial charge in [0.2, 0.25) is 0 Å². The molecule has 0 rings (SSSR count). The first-order valence-corrected chi connectivity index (χ1v) is 23.4. The summed E-state index contributed by atoms with van der Waals surface area (Å²) in [5.41, 5.74) is 0. The molecular formula is C47H98N+. The Morgan fingerprint density at radius 3 is 0.438 bits per heavy atom. The van der Waals surface area contributed by atoms with Crippen molar-refractivity contribution in [3.05, 3.63) is 0 Å². The summed E-state index contributed by atoms with van der Waals surface area (Å²) in [7, 11) is 6.93. The van der Waals surface area contributed by atoms with Gasteiger partial charge in [-0.3, -0.25) is 0 Å². The predicted octanol–water partition coefficient (Wildman–Crippen LogP) is 17.1. The second-order valence-corrected chi connectivity index (χ2v) is 17.5. The molecule has 0 atom stereocenters. The molecule has 0 aromatic heterocycles. The topological polar surface area (TPSA) is 0 Å². The van der Waals surface area contributed by atoms with E-state index in [1.54, 1.807) is 0 Å². The lowest BCUT2D eigenvalue weighted by Gasteiger charge is -2.23. The molecule has 0 aliphatic heterocycles. The highest BCUT2D eigenvalue weighted by atomic mass is 15.3. The molecule has 0 aromatic rings. The first-order valence-electron chi connectivity index (χ1n) is 23.4. The predicted molar refractivity (Wildman–Crippen MR) is 222 cm³/mol. The smallest absolute Gasteiger partial charge is 0.0780 e. The maximum atomic E-state index is 2.31. The van der Waals surface area contributed by atoms with Gasteiger partial charge in [-0.15, -0.1) is 0 Å². The normalized spacial score (nSPS) is 12.0. The minimum absolute atomic E-state index is 1.12. The Hall–Kier alpha value is -0.0400. The van der Waals surface area contributed by atoms with Crippen molar-refractivity contribution < 1.29 is 4.48 Å². The third kappa shape index (κ3) is 46.0. The fourth-order valence-electron chi connectivity index (χ4n) is 7.73. The van der Waals surface area contributed by atoms with E-state index in [-0.39, 0.29) is 0 Å². The van der Waals surface area contributed by atoms with E-state index in [0.717, 1.165) is 4.48 Å². The molecule has 0 fully saturated rings. The van der Waals surface area contributed by atoms with E-state index < -0.39 is 0 Å². The molecule has 0 unspecified atom stereocenters. The Morgan fingerprint density at radius 2 is 0.312 bits per heavy atom. The highest BCUT2D eigenvalue weighted by molar-refractivity contribution is 4.54. The monoisotopic (exact) mass is 677 g/mol. The van der Waals surface area contributed by atoms with Gasteiger partial charge < -0.3 is 4.48 Å². The minimum atomic E-state index is 1.12. The van der Waals surface area contributed by atoms with Crippen molar-refractivity contribution in [2.24, 2.45) is 0 Å². The van der Waals surface area contributed by atoms with Crippen LogP contribution in [0, 0.1) is 0 Å². The van der Waals surface area contributed by atoms with Gasteiger partial charge in [0.15, 0.2) is 0 Å². The Labute approximate surface area is 307 Å². The average Bonchev–Trinajstić information content (AvgIpc) is 3.06. The number of hydrogen-bond acceptors (Lipinski definition) is 0. The number of rotatable bonds is 43. The second kappa shape index (κ2) is 41.4. The van der Waals surface area contributed by atoms with Crippen LogP contribution in [0.5, 0.6) is 0 Å². The molecule has 0 radical (unpaired) electrons. The SMILES string of the molecule is CCCCCCCCCCCCCCCCCCCCCCCCCCCCCCCCCCCCCCCCCCCC[N+](C)(C)C. The van der Waals surface area contributed by atoms with Crippen LogP contribution in [-0.4, -0.2) is 32.2 Å². The first-order chi connectivity index (χ1) is 23.6. The molecule has 0 saturated heterocycles. The van der Waals surface area contributed by atoms with Crippen LogP contribution in [0.1, 0.15) is 277 Å². The van der Waals surface area contributed by atoms with Crippen LogP contribution in [0.3, 0.4) is 0 Å². The van der Waals surface area contributed by atoms with Crippen molar-refractivity contribution in [2.75, 3.05) is 27.7 Å². The molecule has 0 spiro atoms. The Balaban J connectivity index is 3.05. The second-order valence-electron chi connectivity index (χ2n) is 17.5. The summed E-state index contributed by atoms with van der Waals surface area (Å²) in [6.07, 6.45) is 62.3. The van der Waals surface area contributed by atoms with Crippen LogP contribution in [0.25, 0.3) is 0 Å².